The number of amidine groups is 2. The minimum atomic E-state index is -0.517. The summed E-state index contributed by atoms with van der Waals surface area (Å²) in [5, 5.41) is 8.60. The summed E-state index contributed by atoms with van der Waals surface area (Å²) in [5.74, 6) is 1.40. The number of fused-ring (bicyclic) bond motifs is 6. The molecule has 1 aliphatic rings. The molecule has 0 saturated carbocycles. The highest BCUT2D eigenvalue weighted by Gasteiger charge is 2.27. The van der Waals surface area contributed by atoms with Crippen molar-refractivity contribution in [2.24, 2.45) is 9.98 Å². The number of nitrogens with one attached hydrogen (secondary N) is 1. The molecule has 13 aromatic rings. The van der Waals surface area contributed by atoms with Crippen LogP contribution in [0.3, 0.4) is 0 Å². The minimum absolute atomic E-state index is 0.517. The van der Waals surface area contributed by atoms with E-state index in [1.165, 1.54) is 43.8 Å². The maximum atomic E-state index is 5.71. The van der Waals surface area contributed by atoms with Gasteiger partial charge in [0, 0.05) is 38.2 Å². The van der Waals surface area contributed by atoms with Crippen molar-refractivity contribution < 1.29 is 0 Å². The Labute approximate surface area is 429 Å². The molecule has 0 radical (unpaired) electrons. The number of benzene rings is 11. The molecule has 2 aromatic heterocycles. The molecule has 0 amide bonds. The van der Waals surface area contributed by atoms with Gasteiger partial charge in [-0.25, -0.2) is 9.98 Å². The van der Waals surface area contributed by atoms with Crippen LogP contribution in [0, 0.1) is 0 Å². The van der Waals surface area contributed by atoms with E-state index in [1.54, 1.807) is 0 Å². The SMILES string of the molecule is c1ccc(C2=NC(c3ccccc3-n3c4cc(-c5ccccc5)ccc4c4ccc(-c5ccccc5)cc43)=NC(c3ccccc3-n3c4cc(-c5ccccc5)ccc4c4ccc(-c5ccccc5)cc43)N2)cc1. The molecule has 3 heterocycles. The Morgan fingerprint density at radius 3 is 1.05 bits per heavy atom. The first kappa shape index (κ1) is 43.0. The Hall–Kier alpha value is -9.84. The molecule has 1 aliphatic heterocycles. The summed E-state index contributed by atoms with van der Waals surface area (Å²) in [6, 6.07) is 97.9. The number of hydrogen-bond donors (Lipinski definition) is 1. The first-order chi connectivity index (χ1) is 36.7. The van der Waals surface area contributed by atoms with Gasteiger partial charge in [-0.05, 0) is 87.0 Å². The van der Waals surface area contributed by atoms with E-state index in [0.29, 0.717) is 5.84 Å². The molecule has 0 saturated heterocycles. The number of hydrogen-bond acceptors (Lipinski definition) is 3. The van der Waals surface area contributed by atoms with E-state index < -0.39 is 6.17 Å². The number of aromatic nitrogens is 2. The highest BCUT2D eigenvalue weighted by molar-refractivity contribution is 6.17. The zero-order valence-corrected chi connectivity index (χ0v) is 40.3. The maximum absolute atomic E-state index is 5.71. The third-order valence-electron chi connectivity index (χ3n) is 14.6. The molecule has 74 heavy (non-hydrogen) atoms. The highest BCUT2D eigenvalue weighted by atomic mass is 15.2. The van der Waals surface area contributed by atoms with E-state index >= 15 is 0 Å². The van der Waals surface area contributed by atoms with Crippen molar-refractivity contribution in [2.75, 3.05) is 0 Å². The van der Waals surface area contributed by atoms with Crippen LogP contribution in [0.25, 0.3) is 99.5 Å². The van der Waals surface area contributed by atoms with Gasteiger partial charge in [-0.3, -0.25) is 0 Å². The van der Waals surface area contributed by atoms with Crippen molar-refractivity contribution in [3.63, 3.8) is 0 Å². The van der Waals surface area contributed by atoms with Gasteiger partial charge in [0.15, 0.2) is 5.84 Å². The quantitative estimate of drug-likeness (QED) is 0.154. The van der Waals surface area contributed by atoms with Gasteiger partial charge in [0.25, 0.3) is 0 Å². The van der Waals surface area contributed by atoms with Crippen LogP contribution in [0.4, 0.5) is 0 Å². The third-order valence-corrected chi connectivity index (χ3v) is 14.6. The van der Waals surface area contributed by atoms with Gasteiger partial charge in [0.2, 0.25) is 0 Å². The monoisotopic (exact) mass is 945 g/mol. The molecule has 1 N–H and O–H groups in total. The Morgan fingerprint density at radius 1 is 0.297 bits per heavy atom. The highest BCUT2D eigenvalue weighted by Crippen LogP contribution is 2.41. The fraction of sp³-hybridized carbons (Fsp3) is 0.0145. The minimum Gasteiger partial charge on any atom is -0.344 e. The van der Waals surface area contributed by atoms with Crippen LogP contribution in [0.1, 0.15) is 22.9 Å². The first-order valence-corrected chi connectivity index (χ1v) is 25.3. The molecule has 1 atom stereocenters. The van der Waals surface area contributed by atoms with Gasteiger partial charge in [0.1, 0.15) is 12.0 Å². The number of para-hydroxylation sites is 2. The van der Waals surface area contributed by atoms with E-state index in [4.69, 9.17) is 9.98 Å². The van der Waals surface area contributed by atoms with Gasteiger partial charge >= 0.3 is 0 Å². The van der Waals surface area contributed by atoms with Gasteiger partial charge in [-0.1, -0.05) is 231 Å². The topological polar surface area (TPSA) is 46.6 Å². The lowest BCUT2D eigenvalue weighted by Gasteiger charge is -2.26. The fourth-order valence-electron chi connectivity index (χ4n) is 11.0. The standard InChI is InChI=1S/C69H47N5/c1-6-20-46(21-7-1)51-34-38-55-56-39-35-52(47-22-8-2-9-23-47)43-64(56)73(63(55)42-51)61-32-18-16-30-59(61)68-70-67(50-28-14-5-15-29-50)71-69(72-68)60-31-17-19-33-62(60)74-65-44-53(48-24-10-3-11-25-48)36-40-57(65)58-41-37-54(45-66(58)74)49-26-12-4-13-27-49/h1-45,68H,(H,70,71,72). The molecule has 0 bridgehead atoms. The van der Waals surface area contributed by atoms with Crippen molar-refractivity contribution in [2.45, 2.75) is 6.17 Å². The van der Waals surface area contributed by atoms with Gasteiger partial charge < -0.3 is 14.5 Å². The van der Waals surface area contributed by atoms with E-state index in [-0.39, 0.29) is 0 Å². The summed E-state index contributed by atoms with van der Waals surface area (Å²) in [4.78, 5) is 11.2. The summed E-state index contributed by atoms with van der Waals surface area (Å²) in [5.41, 5.74) is 18.7. The number of aliphatic imine (C=N–C) groups is 2. The van der Waals surface area contributed by atoms with Crippen molar-refractivity contribution in [1.82, 2.24) is 14.5 Å². The molecule has 0 aliphatic carbocycles. The lowest BCUT2D eigenvalue weighted by Crippen LogP contribution is -2.34. The van der Waals surface area contributed by atoms with Crippen molar-refractivity contribution in [3.8, 4) is 55.9 Å². The van der Waals surface area contributed by atoms with Crippen LogP contribution < -0.4 is 5.32 Å². The summed E-state index contributed by atoms with van der Waals surface area (Å²) in [6.07, 6.45) is -0.517. The molecule has 5 heteroatoms. The van der Waals surface area contributed by atoms with Crippen LogP contribution in [0.15, 0.2) is 283 Å². The summed E-state index contributed by atoms with van der Waals surface area (Å²) in [6.45, 7) is 0. The lowest BCUT2D eigenvalue weighted by atomic mass is 10.0. The first-order valence-electron chi connectivity index (χ1n) is 25.3. The third kappa shape index (κ3) is 7.49. The predicted molar refractivity (Wildman–Crippen MR) is 309 cm³/mol. The van der Waals surface area contributed by atoms with Crippen LogP contribution >= 0.6 is 0 Å². The second kappa shape index (κ2) is 18.1. The predicted octanol–water partition coefficient (Wildman–Crippen LogP) is 17.0. The van der Waals surface area contributed by atoms with E-state index in [2.05, 4.69) is 287 Å². The van der Waals surface area contributed by atoms with Crippen molar-refractivity contribution in [3.05, 3.63) is 290 Å². The molecule has 5 nitrogen and oxygen atoms in total. The molecule has 1 unspecified atom stereocenters. The Morgan fingerprint density at radius 2 is 0.635 bits per heavy atom. The largest absolute Gasteiger partial charge is 0.344 e. The number of nitrogens with zero attached hydrogens (tertiary/aromatic N) is 4. The van der Waals surface area contributed by atoms with Crippen LogP contribution in [-0.4, -0.2) is 20.8 Å². The number of rotatable bonds is 9. The van der Waals surface area contributed by atoms with E-state index in [1.807, 2.05) is 0 Å². The molecule has 14 rings (SSSR count). The summed E-state index contributed by atoms with van der Waals surface area (Å²) in [7, 11) is 0. The van der Waals surface area contributed by atoms with Crippen molar-refractivity contribution >= 4 is 55.3 Å². The smallest absolute Gasteiger partial charge is 0.161 e. The molecular formula is C69H47N5. The Balaban J connectivity index is 0.996. The van der Waals surface area contributed by atoms with E-state index in [9.17, 15) is 0 Å². The average molecular weight is 946 g/mol. The Kier molecular flexibility index (Phi) is 10.5. The molecule has 0 spiro atoms. The zero-order valence-electron chi connectivity index (χ0n) is 40.3. The molecule has 11 aromatic carbocycles. The molecular weight excluding hydrogens is 899 g/mol. The molecule has 0 fully saturated rings. The summed E-state index contributed by atoms with van der Waals surface area (Å²) >= 11 is 0. The zero-order chi connectivity index (χ0) is 49.0. The van der Waals surface area contributed by atoms with Crippen LogP contribution in [-0.2, 0) is 0 Å². The van der Waals surface area contributed by atoms with Gasteiger partial charge in [0.05, 0.1) is 33.4 Å². The van der Waals surface area contributed by atoms with Gasteiger partial charge in [-0.2, -0.15) is 0 Å². The van der Waals surface area contributed by atoms with Gasteiger partial charge in [-0.15, -0.1) is 0 Å². The van der Waals surface area contributed by atoms with E-state index in [0.717, 1.165) is 78.2 Å². The maximum Gasteiger partial charge on any atom is 0.161 e. The normalized spacial score (nSPS) is 13.5. The average Bonchev–Trinajstić information content (AvgIpc) is 4.00. The Bertz CT molecular complexity index is 4110. The second-order valence-corrected chi connectivity index (χ2v) is 19.0. The lowest BCUT2D eigenvalue weighted by molar-refractivity contribution is 0.670. The second-order valence-electron chi connectivity index (χ2n) is 19.0. The molecule has 348 valence electrons. The summed E-state index contributed by atoms with van der Waals surface area (Å²) < 4.78 is 4.88. The van der Waals surface area contributed by atoms with Crippen LogP contribution in [0.2, 0.25) is 0 Å². The fourth-order valence-corrected chi connectivity index (χ4v) is 11.0. The van der Waals surface area contributed by atoms with Crippen molar-refractivity contribution in [1.29, 1.82) is 0 Å². The van der Waals surface area contributed by atoms with Crippen LogP contribution in [0.5, 0.6) is 0 Å².